The third-order valence-corrected chi connectivity index (χ3v) is 7.11. The molecular formula is C29H26Cl2N4O2. The molecule has 5 rings (SSSR count). The molecule has 1 saturated carbocycles. The minimum absolute atomic E-state index is 0.0265. The quantitative estimate of drug-likeness (QED) is 0.287. The molecule has 2 amide bonds. The van der Waals surface area contributed by atoms with E-state index in [-0.39, 0.29) is 24.4 Å². The minimum atomic E-state index is -0.328. The molecule has 0 atom stereocenters. The second-order valence-corrected chi connectivity index (χ2v) is 10.1. The highest BCUT2D eigenvalue weighted by Gasteiger charge is 2.35. The number of carbonyl (C=O) groups is 2. The Labute approximate surface area is 225 Å². The highest BCUT2D eigenvalue weighted by molar-refractivity contribution is 6.33. The number of hydrogen-bond donors (Lipinski definition) is 1. The topological polar surface area (TPSA) is 67.2 Å². The first-order chi connectivity index (χ1) is 17.8. The number of hydrogen-bond acceptors (Lipinski definition) is 3. The Morgan fingerprint density at radius 1 is 1.00 bits per heavy atom. The fraction of sp³-hybridized carbons (Fsp3) is 0.207. The van der Waals surface area contributed by atoms with Crippen molar-refractivity contribution in [1.82, 2.24) is 14.5 Å². The van der Waals surface area contributed by atoms with Gasteiger partial charge in [-0.05, 0) is 74.2 Å². The molecule has 0 saturated heterocycles. The zero-order valence-corrected chi connectivity index (χ0v) is 22.1. The Bertz CT molecular complexity index is 1480. The molecule has 1 aliphatic rings. The van der Waals surface area contributed by atoms with Gasteiger partial charge in [0.25, 0.3) is 5.91 Å². The maximum Gasteiger partial charge on any atom is 0.256 e. The standard InChI is InChI=1S/C29H26Cl2N4O2/c1-18-7-12-23(15-19(18)2)35-16-26(20-8-10-21(30)11-9-20)32-29(35)33-27(36)17-34(22-13-14-22)28(37)24-5-3-4-6-25(24)31/h3-12,15-16,22H,13-14,17H2,1-2H3,(H,32,33,36). The molecule has 0 radical (unpaired) electrons. The smallest absolute Gasteiger partial charge is 0.256 e. The summed E-state index contributed by atoms with van der Waals surface area (Å²) in [6, 6.07) is 20.4. The molecule has 37 heavy (non-hydrogen) atoms. The molecule has 1 aliphatic carbocycles. The summed E-state index contributed by atoms with van der Waals surface area (Å²) in [5, 5.41) is 3.94. The van der Waals surface area contributed by atoms with Crippen LogP contribution < -0.4 is 5.32 Å². The molecule has 4 aromatic rings. The van der Waals surface area contributed by atoms with E-state index in [1.54, 1.807) is 41.3 Å². The van der Waals surface area contributed by atoms with Gasteiger partial charge in [0.1, 0.15) is 6.54 Å². The van der Waals surface area contributed by atoms with Crippen molar-refractivity contribution in [3.63, 3.8) is 0 Å². The summed E-state index contributed by atoms with van der Waals surface area (Å²) >= 11 is 12.3. The number of aryl methyl sites for hydroxylation is 2. The first-order valence-corrected chi connectivity index (χ1v) is 12.8. The molecule has 0 unspecified atom stereocenters. The Balaban J connectivity index is 1.44. The zero-order chi connectivity index (χ0) is 26.1. The SMILES string of the molecule is Cc1ccc(-n2cc(-c3ccc(Cl)cc3)nc2NC(=O)CN(C(=O)c2ccccc2Cl)C2CC2)cc1C. The van der Waals surface area contributed by atoms with Gasteiger partial charge in [-0.25, -0.2) is 4.98 Å². The monoisotopic (exact) mass is 532 g/mol. The van der Waals surface area contributed by atoms with E-state index >= 15 is 0 Å². The molecule has 0 bridgehead atoms. The highest BCUT2D eigenvalue weighted by atomic mass is 35.5. The lowest BCUT2D eigenvalue weighted by atomic mass is 10.1. The van der Waals surface area contributed by atoms with E-state index in [0.29, 0.717) is 27.3 Å². The van der Waals surface area contributed by atoms with Crippen molar-refractivity contribution >= 4 is 41.0 Å². The van der Waals surface area contributed by atoms with E-state index in [4.69, 9.17) is 28.2 Å². The normalized spacial score (nSPS) is 12.9. The number of carbonyl (C=O) groups excluding carboxylic acids is 2. The van der Waals surface area contributed by atoms with Crippen LogP contribution in [0.15, 0.2) is 72.9 Å². The van der Waals surface area contributed by atoms with Crippen molar-refractivity contribution in [3.05, 3.63) is 99.7 Å². The predicted molar refractivity (Wildman–Crippen MR) is 148 cm³/mol. The molecular weight excluding hydrogens is 507 g/mol. The number of anilines is 1. The number of aromatic nitrogens is 2. The lowest BCUT2D eigenvalue weighted by Gasteiger charge is -2.22. The van der Waals surface area contributed by atoms with Gasteiger partial charge in [0, 0.05) is 28.5 Å². The van der Waals surface area contributed by atoms with Crippen LogP contribution in [-0.4, -0.2) is 38.9 Å². The van der Waals surface area contributed by atoms with Gasteiger partial charge in [-0.15, -0.1) is 0 Å². The average molecular weight is 533 g/mol. The first-order valence-electron chi connectivity index (χ1n) is 12.1. The number of imidazole rings is 1. The van der Waals surface area contributed by atoms with Gasteiger partial charge >= 0.3 is 0 Å². The Hall–Kier alpha value is -3.61. The number of nitrogens with one attached hydrogen (secondary N) is 1. The third-order valence-electron chi connectivity index (χ3n) is 6.53. The largest absolute Gasteiger partial charge is 0.326 e. The Kier molecular flexibility index (Phi) is 7.04. The number of amides is 2. The van der Waals surface area contributed by atoms with Gasteiger partial charge in [-0.1, -0.05) is 53.5 Å². The molecule has 1 fully saturated rings. The molecule has 8 heteroatoms. The predicted octanol–water partition coefficient (Wildman–Crippen LogP) is 6.71. The molecule has 3 aromatic carbocycles. The van der Waals surface area contributed by atoms with Gasteiger partial charge in [0.15, 0.2) is 0 Å². The molecule has 0 aliphatic heterocycles. The average Bonchev–Trinajstić information content (AvgIpc) is 3.64. The second kappa shape index (κ2) is 10.4. The summed E-state index contributed by atoms with van der Waals surface area (Å²) in [7, 11) is 0. The summed E-state index contributed by atoms with van der Waals surface area (Å²) < 4.78 is 1.85. The summed E-state index contributed by atoms with van der Waals surface area (Å²) in [6.07, 6.45) is 3.61. The summed E-state index contributed by atoms with van der Waals surface area (Å²) in [6.45, 7) is 4.00. The Morgan fingerprint density at radius 2 is 1.73 bits per heavy atom. The van der Waals surface area contributed by atoms with Crippen LogP contribution in [0.2, 0.25) is 10.0 Å². The van der Waals surface area contributed by atoms with Crippen LogP contribution in [0.25, 0.3) is 16.9 Å². The van der Waals surface area contributed by atoms with E-state index in [9.17, 15) is 9.59 Å². The fourth-order valence-electron chi connectivity index (χ4n) is 4.16. The van der Waals surface area contributed by atoms with Crippen LogP contribution in [0.4, 0.5) is 5.95 Å². The third kappa shape index (κ3) is 5.55. The second-order valence-electron chi connectivity index (χ2n) is 9.29. The number of nitrogens with zero attached hydrogens (tertiary/aromatic N) is 3. The van der Waals surface area contributed by atoms with Crippen LogP contribution in [0, 0.1) is 13.8 Å². The van der Waals surface area contributed by atoms with E-state index < -0.39 is 0 Å². The molecule has 188 valence electrons. The summed E-state index contributed by atoms with van der Waals surface area (Å²) in [5.41, 5.74) is 5.13. The molecule has 1 N–H and O–H groups in total. The van der Waals surface area contributed by atoms with Crippen molar-refractivity contribution in [3.8, 4) is 16.9 Å². The number of benzene rings is 3. The minimum Gasteiger partial charge on any atom is -0.326 e. The van der Waals surface area contributed by atoms with Crippen LogP contribution in [0.5, 0.6) is 0 Å². The van der Waals surface area contributed by atoms with Gasteiger partial charge in [0.2, 0.25) is 11.9 Å². The van der Waals surface area contributed by atoms with Crippen molar-refractivity contribution in [2.75, 3.05) is 11.9 Å². The highest BCUT2D eigenvalue weighted by Crippen LogP contribution is 2.30. The maximum absolute atomic E-state index is 13.3. The number of rotatable bonds is 7. The van der Waals surface area contributed by atoms with E-state index in [1.807, 2.05) is 42.0 Å². The molecule has 0 spiro atoms. The van der Waals surface area contributed by atoms with E-state index in [1.165, 1.54) is 5.56 Å². The molecule has 6 nitrogen and oxygen atoms in total. The van der Waals surface area contributed by atoms with Crippen molar-refractivity contribution < 1.29 is 9.59 Å². The first kappa shape index (κ1) is 25.1. The van der Waals surface area contributed by atoms with Crippen LogP contribution in [0.3, 0.4) is 0 Å². The number of halogens is 2. The van der Waals surface area contributed by atoms with Gasteiger partial charge in [0.05, 0.1) is 16.3 Å². The van der Waals surface area contributed by atoms with Crippen molar-refractivity contribution in [2.24, 2.45) is 0 Å². The molecule has 1 aromatic heterocycles. The van der Waals surface area contributed by atoms with Crippen LogP contribution >= 0.6 is 23.2 Å². The van der Waals surface area contributed by atoms with Crippen molar-refractivity contribution in [1.29, 1.82) is 0 Å². The maximum atomic E-state index is 13.3. The lowest BCUT2D eigenvalue weighted by Crippen LogP contribution is -2.40. The van der Waals surface area contributed by atoms with E-state index in [2.05, 4.69) is 18.3 Å². The fourth-order valence-corrected chi connectivity index (χ4v) is 4.50. The molecule has 1 heterocycles. The van der Waals surface area contributed by atoms with Gasteiger partial charge in [-0.2, -0.15) is 0 Å². The zero-order valence-electron chi connectivity index (χ0n) is 20.5. The Morgan fingerprint density at radius 3 is 2.41 bits per heavy atom. The van der Waals surface area contributed by atoms with Crippen LogP contribution in [-0.2, 0) is 4.79 Å². The van der Waals surface area contributed by atoms with Crippen molar-refractivity contribution in [2.45, 2.75) is 32.7 Å². The van der Waals surface area contributed by atoms with Gasteiger partial charge in [-0.3, -0.25) is 19.5 Å². The van der Waals surface area contributed by atoms with E-state index in [0.717, 1.165) is 29.7 Å². The summed E-state index contributed by atoms with van der Waals surface area (Å²) in [4.78, 5) is 32.8. The van der Waals surface area contributed by atoms with Crippen LogP contribution in [0.1, 0.15) is 34.3 Å². The summed E-state index contributed by atoms with van der Waals surface area (Å²) in [5.74, 6) is -0.201. The lowest BCUT2D eigenvalue weighted by molar-refractivity contribution is -0.117. The van der Waals surface area contributed by atoms with Gasteiger partial charge < -0.3 is 4.90 Å².